The van der Waals surface area contributed by atoms with Crippen LogP contribution in [0.2, 0.25) is 0 Å². The second-order valence-electron chi connectivity index (χ2n) is 6.24. The summed E-state index contributed by atoms with van der Waals surface area (Å²) in [5, 5.41) is 7.67. The summed E-state index contributed by atoms with van der Waals surface area (Å²) in [6.45, 7) is 5.07. The van der Waals surface area contributed by atoms with Crippen LogP contribution in [0.4, 0.5) is 5.69 Å². The molecule has 0 saturated carbocycles. The number of rotatable bonds is 5. The number of hydrogen-bond acceptors (Lipinski definition) is 5. The average Bonchev–Trinajstić information content (AvgIpc) is 3.34. The summed E-state index contributed by atoms with van der Waals surface area (Å²) >= 11 is 0. The summed E-state index contributed by atoms with van der Waals surface area (Å²) < 4.78 is 7.16. The number of anilines is 1. The molecule has 8 heteroatoms. The standard InChI is InChI=1S/C20H19N5O3/c1-3-24(4-2)20(27)17-11-13-10-14(8-9-16(13)28-17)23-19(26)15-6-5-7-18-21-12-22-25(15)18/h5-12H,3-4H2,1-2H3,(H,23,26). The maximum Gasteiger partial charge on any atom is 0.289 e. The smallest absolute Gasteiger partial charge is 0.289 e. The summed E-state index contributed by atoms with van der Waals surface area (Å²) in [5.74, 6) is -0.169. The maximum absolute atomic E-state index is 12.7. The van der Waals surface area contributed by atoms with Gasteiger partial charge in [-0.15, -0.1) is 0 Å². The highest BCUT2D eigenvalue weighted by atomic mass is 16.3. The topological polar surface area (TPSA) is 92.7 Å². The van der Waals surface area contributed by atoms with Gasteiger partial charge in [-0.25, -0.2) is 9.50 Å². The van der Waals surface area contributed by atoms with Gasteiger partial charge in [0.05, 0.1) is 0 Å². The Hall–Kier alpha value is -3.68. The third-order valence-electron chi connectivity index (χ3n) is 4.57. The summed E-state index contributed by atoms with van der Waals surface area (Å²) in [6, 6.07) is 12.1. The van der Waals surface area contributed by atoms with E-state index in [-0.39, 0.29) is 17.6 Å². The Morgan fingerprint density at radius 1 is 1.14 bits per heavy atom. The van der Waals surface area contributed by atoms with Crippen molar-refractivity contribution in [2.24, 2.45) is 0 Å². The van der Waals surface area contributed by atoms with Crippen LogP contribution in [-0.2, 0) is 0 Å². The van der Waals surface area contributed by atoms with E-state index in [9.17, 15) is 9.59 Å². The van der Waals surface area contributed by atoms with E-state index in [0.717, 1.165) is 5.39 Å². The summed E-state index contributed by atoms with van der Waals surface area (Å²) in [4.78, 5) is 30.9. The lowest BCUT2D eigenvalue weighted by molar-refractivity contribution is 0.0743. The van der Waals surface area contributed by atoms with Crippen LogP contribution in [0.3, 0.4) is 0 Å². The second kappa shape index (κ2) is 7.15. The minimum absolute atomic E-state index is 0.148. The Morgan fingerprint density at radius 3 is 2.75 bits per heavy atom. The molecule has 3 heterocycles. The molecule has 3 aromatic heterocycles. The number of furan rings is 1. The molecule has 8 nitrogen and oxygen atoms in total. The van der Waals surface area contributed by atoms with Crippen molar-refractivity contribution in [3.05, 3.63) is 60.2 Å². The van der Waals surface area contributed by atoms with E-state index < -0.39 is 0 Å². The normalized spacial score (nSPS) is 11.1. The van der Waals surface area contributed by atoms with Crippen molar-refractivity contribution in [2.75, 3.05) is 18.4 Å². The van der Waals surface area contributed by atoms with Crippen LogP contribution < -0.4 is 5.32 Å². The Kier molecular flexibility index (Phi) is 4.52. The van der Waals surface area contributed by atoms with E-state index in [4.69, 9.17) is 4.42 Å². The van der Waals surface area contributed by atoms with Crippen LogP contribution in [0.15, 0.2) is 53.2 Å². The monoisotopic (exact) mass is 377 g/mol. The third-order valence-corrected chi connectivity index (χ3v) is 4.57. The minimum atomic E-state index is -0.307. The SMILES string of the molecule is CCN(CC)C(=O)c1cc2cc(NC(=O)c3cccc4ncnn34)ccc2o1. The highest BCUT2D eigenvalue weighted by Crippen LogP contribution is 2.24. The molecule has 0 atom stereocenters. The van der Waals surface area contributed by atoms with Gasteiger partial charge in [0.15, 0.2) is 11.4 Å². The van der Waals surface area contributed by atoms with Crippen molar-refractivity contribution in [3.8, 4) is 0 Å². The first-order valence-corrected chi connectivity index (χ1v) is 9.03. The number of nitrogens with one attached hydrogen (secondary N) is 1. The van der Waals surface area contributed by atoms with Crippen molar-refractivity contribution in [1.82, 2.24) is 19.5 Å². The van der Waals surface area contributed by atoms with Crippen molar-refractivity contribution in [3.63, 3.8) is 0 Å². The molecule has 1 aromatic carbocycles. The molecule has 0 fully saturated rings. The van der Waals surface area contributed by atoms with Crippen molar-refractivity contribution < 1.29 is 14.0 Å². The minimum Gasteiger partial charge on any atom is -0.451 e. The number of pyridine rings is 1. The molecule has 0 aliphatic rings. The molecule has 4 aromatic rings. The molecule has 0 spiro atoms. The lowest BCUT2D eigenvalue weighted by Gasteiger charge is -2.16. The van der Waals surface area contributed by atoms with Gasteiger partial charge in [-0.3, -0.25) is 9.59 Å². The zero-order chi connectivity index (χ0) is 19.7. The second-order valence-corrected chi connectivity index (χ2v) is 6.24. The van der Waals surface area contributed by atoms with Gasteiger partial charge in [0, 0.05) is 24.2 Å². The summed E-state index contributed by atoms with van der Waals surface area (Å²) in [7, 11) is 0. The van der Waals surface area contributed by atoms with Crippen LogP contribution in [0, 0.1) is 0 Å². The lowest BCUT2D eigenvalue weighted by atomic mass is 10.2. The number of fused-ring (bicyclic) bond motifs is 2. The number of benzene rings is 1. The predicted octanol–water partition coefficient (Wildman–Crippen LogP) is 3.21. The first-order chi connectivity index (χ1) is 13.6. The molecule has 0 saturated heterocycles. The van der Waals surface area contributed by atoms with Crippen LogP contribution in [0.25, 0.3) is 16.6 Å². The highest BCUT2D eigenvalue weighted by molar-refractivity contribution is 6.04. The van der Waals surface area contributed by atoms with Gasteiger partial charge in [0.2, 0.25) is 0 Å². The van der Waals surface area contributed by atoms with Crippen molar-refractivity contribution in [1.29, 1.82) is 0 Å². The van der Waals surface area contributed by atoms with Gasteiger partial charge in [-0.1, -0.05) is 6.07 Å². The molecule has 1 N–H and O–H groups in total. The van der Waals surface area contributed by atoms with Gasteiger partial charge in [0.1, 0.15) is 17.6 Å². The predicted molar refractivity (Wildman–Crippen MR) is 104 cm³/mol. The zero-order valence-electron chi connectivity index (χ0n) is 15.5. The fourth-order valence-corrected chi connectivity index (χ4v) is 3.11. The molecule has 0 aliphatic carbocycles. The van der Waals surface area contributed by atoms with Gasteiger partial charge in [-0.05, 0) is 50.2 Å². The lowest BCUT2D eigenvalue weighted by Crippen LogP contribution is -2.30. The first-order valence-electron chi connectivity index (χ1n) is 9.03. The number of aromatic nitrogens is 3. The van der Waals surface area contributed by atoms with Crippen molar-refractivity contribution >= 4 is 34.1 Å². The molecule has 142 valence electrons. The van der Waals surface area contributed by atoms with E-state index in [1.165, 1.54) is 10.8 Å². The maximum atomic E-state index is 12.7. The van der Waals surface area contributed by atoms with E-state index in [1.807, 2.05) is 13.8 Å². The summed E-state index contributed by atoms with van der Waals surface area (Å²) in [6.07, 6.45) is 1.40. The van der Waals surface area contributed by atoms with E-state index in [2.05, 4.69) is 15.4 Å². The number of carbonyl (C=O) groups is 2. The molecule has 0 unspecified atom stereocenters. The van der Waals surface area contributed by atoms with Crippen LogP contribution >= 0.6 is 0 Å². The van der Waals surface area contributed by atoms with Gasteiger partial charge in [0.25, 0.3) is 11.8 Å². The van der Waals surface area contributed by atoms with E-state index in [1.54, 1.807) is 47.4 Å². The van der Waals surface area contributed by atoms with Gasteiger partial charge >= 0.3 is 0 Å². The molecule has 0 bridgehead atoms. The molecule has 2 amide bonds. The number of carbonyl (C=O) groups excluding carboxylic acids is 2. The number of hydrogen-bond donors (Lipinski definition) is 1. The third kappa shape index (κ3) is 3.09. The molecule has 28 heavy (non-hydrogen) atoms. The largest absolute Gasteiger partial charge is 0.451 e. The summed E-state index contributed by atoms with van der Waals surface area (Å²) in [5.41, 5.74) is 2.15. The van der Waals surface area contributed by atoms with E-state index in [0.29, 0.717) is 35.7 Å². The average molecular weight is 377 g/mol. The molecule has 0 aliphatic heterocycles. The molecular weight excluding hydrogens is 358 g/mol. The van der Waals surface area contributed by atoms with E-state index >= 15 is 0 Å². The van der Waals surface area contributed by atoms with Crippen molar-refractivity contribution in [2.45, 2.75) is 13.8 Å². The van der Waals surface area contributed by atoms with Crippen LogP contribution in [0.5, 0.6) is 0 Å². The van der Waals surface area contributed by atoms with Gasteiger partial charge < -0.3 is 14.6 Å². The Labute approximate surface area is 160 Å². The number of amides is 2. The fraction of sp³-hybridized carbons (Fsp3) is 0.200. The van der Waals surface area contributed by atoms with Gasteiger partial charge in [-0.2, -0.15) is 5.10 Å². The zero-order valence-corrected chi connectivity index (χ0v) is 15.5. The Bertz CT molecular complexity index is 1170. The molecular formula is C20H19N5O3. The molecule has 0 radical (unpaired) electrons. The molecule has 4 rings (SSSR count). The highest BCUT2D eigenvalue weighted by Gasteiger charge is 2.18. The van der Waals surface area contributed by atoms with Crippen LogP contribution in [0.1, 0.15) is 34.9 Å². The fourth-order valence-electron chi connectivity index (χ4n) is 3.11. The number of nitrogens with zero attached hydrogens (tertiary/aromatic N) is 4. The Morgan fingerprint density at radius 2 is 1.96 bits per heavy atom. The quantitative estimate of drug-likeness (QED) is 0.576. The van der Waals surface area contributed by atoms with Crippen LogP contribution in [-0.4, -0.2) is 44.4 Å². The first kappa shape index (κ1) is 17.7. The Balaban J connectivity index is 1.60.